The lowest BCUT2D eigenvalue weighted by atomic mass is 10.1. The first-order valence-electron chi connectivity index (χ1n) is 4.47. The SMILES string of the molecule is CCNC(C(=O)O)c1ccc(F)c(Cl)c1. The average Bonchev–Trinajstić information content (AvgIpc) is 2.18. The Balaban J connectivity index is 3.01. The van der Waals surface area contributed by atoms with Crippen molar-refractivity contribution in [3.8, 4) is 0 Å². The molecule has 0 amide bonds. The van der Waals surface area contributed by atoms with E-state index in [2.05, 4.69) is 5.32 Å². The minimum absolute atomic E-state index is 0.0725. The molecule has 1 rings (SSSR count). The molecule has 0 spiro atoms. The van der Waals surface area contributed by atoms with Crippen molar-refractivity contribution in [2.75, 3.05) is 6.54 Å². The van der Waals surface area contributed by atoms with Gasteiger partial charge in [0.15, 0.2) is 0 Å². The van der Waals surface area contributed by atoms with Gasteiger partial charge in [0, 0.05) is 0 Å². The third kappa shape index (κ3) is 2.91. The van der Waals surface area contributed by atoms with Crippen LogP contribution in [0.2, 0.25) is 5.02 Å². The third-order valence-electron chi connectivity index (χ3n) is 1.93. The molecule has 0 aliphatic rings. The molecule has 2 N–H and O–H groups in total. The number of carboxylic acids is 1. The van der Waals surface area contributed by atoms with E-state index in [0.29, 0.717) is 12.1 Å². The topological polar surface area (TPSA) is 49.3 Å². The van der Waals surface area contributed by atoms with Crippen LogP contribution in [-0.2, 0) is 4.79 Å². The van der Waals surface area contributed by atoms with Crippen molar-refractivity contribution in [3.05, 3.63) is 34.6 Å². The van der Waals surface area contributed by atoms with Crippen molar-refractivity contribution < 1.29 is 14.3 Å². The van der Waals surface area contributed by atoms with Gasteiger partial charge in [-0.3, -0.25) is 4.79 Å². The fraction of sp³-hybridized carbons (Fsp3) is 0.300. The second-order valence-electron chi connectivity index (χ2n) is 3.00. The van der Waals surface area contributed by atoms with E-state index in [1.165, 1.54) is 12.1 Å². The van der Waals surface area contributed by atoms with Gasteiger partial charge in [-0.2, -0.15) is 0 Å². The van der Waals surface area contributed by atoms with Gasteiger partial charge in [-0.05, 0) is 24.2 Å². The van der Waals surface area contributed by atoms with Crippen LogP contribution in [0.1, 0.15) is 18.5 Å². The van der Waals surface area contributed by atoms with Crippen LogP contribution in [0.4, 0.5) is 4.39 Å². The Morgan fingerprint density at radius 1 is 1.67 bits per heavy atom. The fourth-order valence-corrected chi connectivity index (χ4v) is 1.43. The van der Waals surface area contributed by atoms with Gasteiger partial charge in [0.05, 0.1) is 5.02 Å². The minimum atomic E-state index is -1.01. The fourth-order valence-electron chi connectivity index (χ4n) is 1.24. The van der Waals surface area contributed by atoms with Crippen LogP contribution in [0.25, 0.3) is 0 Å². The number of benzene rings is 1. The Kier molecular flexibility index (Phi) is 4.05. The molecule has 0 fully saturated rings. The minimum Gasteiger partial charge on any atom is -0.480 e. The van der Waals surface area contributed by atoms with E-state index >= 15 is 0 Å². The zero-order valence-electron chi connectivity index (χ0n) is 8.13. The summed E-state index contributed by atoms with van der Waals surface area (Å²) in [6.45, 7) is 2.30. The molecule has 5 heteroatoms. The lowest BCUT2D eigenvalue weighted by Gasteiger charge is -2.13. The quantitative estimate of drug-likeness (QED) is 0.835. The van der Waals surface area contributed by atoms with Gasteiger partial charge in [-0.25, -0.2) is 4.39 Å². The van der Waals surface area contributed by atoms with E-state index in [1.807, 2.05) is 0 Å². The van der Waals surface area contributed by atoms with E-state index in [4.69, 9.17) is 16.7 Å². The normalized spacial score (nSPS) is 12.5. The number of carbonyl (C=O) groups is 1. The summed E-state index contributed by atoms with van der Waals surface area (Å²) in [7, 11) is 0. The molecule has 15 heavy (non-hydrogen) atoms. The molecule has 0 saturated heterocycles. The second-order valence-corrected chi connectivity index (χ2v) is 3.41. The van der Waals surface area contributed by atoms with Gasteiger partial charge in [-0.1, -0.05) is 24.6 Å². The summed E-state index contributed by atoms with van der Waals surface area (Å²) in [5.41, 5.74) is 0.441. The van der Waals surface area contributed by atoms with Gasteiger partial charge in [0.25, 0.3) is 0 Å². The van der Waals surface area contributed by atoms with Crippen LogP contribution >= 0.6 is 11.6 Å². The van der Waals surface area contributed by atoms with Crippen molar-refractivity contribution in [2.24, 2.45) is 0 Å². The lowest BCUT2D eigenvalue weighted by molar-refractivity contribution is -0.139. The highest BCUT2D eigenvalue weighted by atomic mass is 35.5. The Morgan fingerprint density at radius 3 is 2.80 bits per heavy atom. The van der Waals surface area contributed by atoms with E-state index in [-0.39, 0.29) is 5.02 Å². The molecule has 1 unspecified atom stereocenters. The van der Waals surface area contributed by atoms with Crippen molar-refractivity contribution in [2.45, 2.75) is 13.0 Å². The van der Waals surface area contributed by atoms with Crippen LogP contribution < -0.4 is 5.32 Å². The first-order chi connectivity index (χ1) is 7.06. The summed E-state index contributed by atoms with van der Waals surface area (Å²) in [6, 6.07) is 3.03. The summed E-state index contributed by atoms with van der Waals surface area (Å²) < 4.78 is 12.8. The molecule has 3 nitrogen and oxygen atoms in total. The Bertz CT molecular complexity index is 370. The highest BCUT2D eigenvalue weighted by Crippen LogP contribution is 2.21. The highest BCUT2D eigenvalue weighted by molar-refractivity contribution is 6.30. The number of carboxylic acid groups (broad SMARTS) is 1. The number of nitrogens with one attached hydrogen (secondary N) is 1. The summed E-state index contributed by atoms with van der Waals surface area (Å²) in [4.78, 5) is 10.9. The first kappa shape index (κ1) is 11.9. The molecule has 1 atom stereocenters. The van der Waals surface area contributed by atoms with Crippen LogP contribution in [-0.4, -0.2) is 17.6 Å². The molecule has 0 saturated carbocycles. The molecular formula is C10H11ClFNO2. The zero-order chi connectivity index (χ0) is 11.4. The zero-order valence-corrected chi connectivity index (χ0v) is 8.88. The van der Waals surface area contributed by atoms with Crippen molar-refractivity contribution in [1.82, 2.24) is 5.32 Å². The van der Waals surface area contributed by atoms with Crippen LogP contribution in [0.5, 0.6) is 0 Å². The number of hydrogen-bond acceptors (Lipinski definition) is 2. The average molecular weight is 232 g/mol. The maximum atomic E-state index is 12.8. The van der Waals surface area contributed by atoms with E-state index in [9.17, 15) is 9.18 Å². The predicted octanol–water partition coefficient (Wildman–Crippen LogP) is 2.21. The predicted molar refractivity (Wildman–Crippen MR) is 55.5 cm³/mol. The number of likely N-dealkylation sites (N-methyl/N-ethyl adjacent to an activating group) is 1. The summed E-state index contributed by atoms with van der Waals surface area (Å²) in [5.74, 6) is -1.57. The molecule has 0 bridgehead atoms. The maximum Gasteiger partial charge on any atom is 0.325 e. The smallest absolute Gasteiger partial charge is 0.325 e. The van der Waals surface area contributed by atoms with Gasteiger partial charge in [0.1, 0.15) is 11.9 Å². The van der Waals surface area contributed by atoms with Crippen molar-refractivity contribution in [3.63, 3.8) is 0 Å². The van der Waals surface area contributed by atoms with Crippen LogP contribution in [0.3, 0.4) is 0 Å². The van der Waals surface area contributed by atoms with Crippen LogP contribution in [0, 0.1) is 5.82 Å². The summed E-state index contributed by atoms with van der Waals surface area (Å²) in [6.07, 6.45) is 0. The lowest BCUT2D eigenvalue weighted by Crippen LogP contribution is -2.28. The maximum absolute atomic E-state index is 12.8. The largest absolute Gasteiger partial charge is 0.480 e. The number of rotatable bonds is 4. The molecule has 1 aromatic rings. The Labute approximate surface area is 91.9 Å². The highest BCUT2D eigenvalue weighted by Gasteiger charge is 2.19. The number of hydrogen-bond donors (Lipinski definition) is 2. The number of aliphatic carboxylic acids is 1. The monoisotopic (exact) mass is 231 g/mol. The molecule has 0 aliphatic heterocycles. The summed E-state index contributed by atoms with van der Waals surface area (Å²) in [5, 5.41) is 11.6. The van der Waals surface area contributed by atoms with E-state index < -0.39 is 17.8 Å². The van der Waals surface area contributed by atoms with Crippen molar-refractivity contribution >= 4 is 17.6 Å². The molecule has 82 valence electrons. The number of halogens is 2. The molecular weight excluding hydrogens is 221 g/mol. The van der Waals surface area contributed by atoms with Crippen LogP contribution in [0.15, 0.2) is 18.2 Å². The van der Waals surface area contributed by atoms with Gasteiger partial charge in [-0.15, -0.1) is 0 Å². The molecule has 0 aliphatic carbocycles. The molecule has 0 radical (unpaired) electrons. The van der Waals surface area contributed by atoms with E-state index in [1.54, 1.807) is 6.92 Å². The third-order valence-corrected chi connectivity index (χ3v) is 2.22. The molecule has 1 aromatic carbocycles. The second kappa shape index (κ2) is 5.09. The summed E-state index contributed by atoms with van der Waals surface area (Å²) >= 11 is 5.57. The molecule has 0 aromatic heterocycles. The van der Waals surface area contributed by atoms with Gasteiger partial charge < -0.3 is 10.4 Å². The van der Waals surface area contributed by atoms with E-state index in [0.717, 1.165) is 6.07 Å². The first-order valence-corrected chi connectivity index (χ1v) is 4.85. The van der Waals surface area contributed by atoms with Gasteiger partial charge >= 0.3 is 5.97 Å². The standard InChI is InChI=1S/C10H11ClFNO2/c1-2-13-9(10(14)15)6-3-4-8(12)7(11)5-6/h3-5,9,13H,2H2,1H3,(H,14,15). The van der Waals surface area contributed by atoms with Crippen molar-refractivity contribution in [1.29, 1.82) is 0 Å². The van der Waals surface area contributed by atoms with Gasteiger partial charge in [0.2, 0.25) is 0 Å². The molecule has 0 heterocycles. The Hall–Kier alpha value is -1.13. The Morgan fingerprint density at radius 2 is 2.33 bits per heavy atom.